The van der Waals surface area contributed by atoms with Crippen LogP contribution in [-0.4, -0.2) is 17.1 Å². The Morgan fingerprint density at radius 2 is 1.80 bits per heavy atom. The van der Waals surface area contributed by atoms with E-state index in [-0.39, 0.29) is 12.1 Å². The summed E-state index contributed by atoms with van der Waals surface area (Å²) in [5, 5.41) is 1.53. The van der Waals surface area contributed by atoms with Crippen LogP contribution in [0, 0.1) is 0 Å². The number of hydrogen-bond acceptors (Lipinski definition) is 3. The number of nitrogens with two attached hydrogens (primary N) is 1. The van der Waals surface area contributed by atoms with Crippen LogP contribution in [0.15, 0.2) is 54.7 Å². The highest BCUT2D eigenvalue weighted by Gasteiger charge is 2.31. The van der Waals surface area contributed by atoms with Gasteiger partial charge in [-0.25, -0.2) is 0 Å². The van der Waals surface area contributed by atoms with Crippen molar-refractivity contribution in [2.45, 2.75) is 50.5 Å². The van der Waals surface area contributed by atoms with Crippen LogP contribution in [0.25, 0.3) is 10.9 Å². The molecule has 0 aliphatic heterocycles. The number of nitrogens with zero attached hydrogens (tertiary/aromatic N) is 2. The summed E-state index contributed by atoms with van der Waals surface area (Å²) in [7, 11) is 0. The second kappa shape index (κ2) is 8.44. The molecule has 1 aromatic heterocycles. The Bertz CT molecular complexity index is 1030. The number of fused-ring (bicyclic) bond motifs is 1. The molecule has 158 valence electrons. The number of rotatable bonds is 4. The molecule has 30 heavy (non-hydrogen) atoms. The summed E-state index contributed by atoms with van der Waals surface area (Å²) >= 11 is 6.13. The number of halogens is 4. The molecule has 1 fully saturated rings. The molecule has 2 N–H and O–H groups in total. The zero-order valence-electron chi connectivity index (χ0n) is 16.4. The number of anilines is 1. The minimum atomic E-state index is -4.36. The average Bonchev–Trinajstić information content (AvgIpc) is 2.72. The Labute approximate surface area is 178 Å². The maximum Gasteiger partial charge on any atom is 0.416 e. The van der Waals surface area contributed by atoms with Gasteiger partial charge in [-0.15, -0.1) is 0 Å². The fourth-order valence-electron chi connectivity index (χ4n) is 4.22. The van der Waals surface area contributed by atoms with Gasteiger partial charge >= 0.3 is 6.18 Å². The summed E-state index contributed by atoms with van der Waals surface area (Å²) in [5.41, 5.74) is 7.81. The van der Waals surface area contributed by atoms with Crippen molar-refractivity contribution in [1.82, 2.24) is 4.98 Å². The molecule has 3 nitrogen and oxygen atoms in total. The number of pyridine rings is 1. The summed E-state index contributed by atoms with van der Waals surface area (Å²) in [6.45, 7) is 0.381. The van der Waals surface area contributed by atoms with Crippen LogP contribution >= 0.6 is 11.6 Å². The third-order valence-corrected chi connectivity index (χ3v) is 6.02. The van der Waals surface area contributed by atoms with Gasteiger partial charge in [0.2, 0.25) is 0 Å². The lowest BCUT2D eigenvalue weighted by molar-refractivity contribution is -0.137. The van der Waals surface area contributed by atoms with Gasteiger partial charge in [-0.1, -0.05) is 23.7 Å². The quantitative estimate of drug-likeness (QED) is 0.534. The highest BCUT2D eigenvalue weighted by atomic mass is 35.5. The molecule has 0 bridgehead atoms. The molecule has 7 heteroatoms. The fraction of sp³-hybridized carbons (Fsp3) is 0.348. The predicted molar refractivity (Wildman–Crippen MR) is 115 cm³/mol. The van der Waals surface area contributed by atoms with Crippen LogP contribution in [0.3, 0.4) is 0 Å². The van der Waals surface area contributed by atoms with Crippen molar-refractivity contribution in [3.8, 4) is 0 Å². The lowest BCUT2D eigenvalue weighted by atomic mass is 9.90. The molecular weight excluding hydrogens is 411 g/mol. The Morgan fingerprint density at radius 3 is 2.53 bits per heavy atom. The maximum atomic E-state index is 13.2. The van der Waals surface area contributed by atoms with Crippen molar-refractivity contribution in [2.24, 2.45) is 5.73 Å². The average molecular weight is 434 g/mol. The second-order valence-electron chi connectivity index (χ2n) is 7.89. The van der Waals surface area contributed by atoms with Gasteiger partial charge in [0.1, 0.15) is 0 Å². The van der Waals surface area contributed by atoms with E-state index in [4.69, 9.17) is 17.3 Å². The molecule has 1 saturated carbocycles. The first-order valence-electron chi connectivity index (χ1n) is 10.0. The molecule has 0 spiro atoms. The predicted octanol–water partition coefficient (Wildman–Crippen LogP) is 6.18. The van der Waals surface area contributed by atoms with E-state index in [2.05, 4.69) is 9.88 Å². The molecule has 0 amide bonds. The zero-order chi connectivity index (χ0) is 21.3. The standard InChI is InChI=1S/C23H23ClF3N3/c24-17-4-9-20-21(13-17)29-11-10-22(20)30(19-7-5-18(28)6-8-19)14-15-2-1-3-16(12-15)23(25,26)27/h1-4,9-13,18-19H,5-8,14,28H2. The molecule has 1 heterocycles. The summed E-state index contributed by atoms with van der Waals surface area (Å²) in [6, 6.07) is 13.4. The van der Waals surface area contributed by atoms with E-state index in [0.717, 1.165) is 48.3 Å². The van der Waals surface area contributed by atoms with Gasteiger partial charge in [0.15, 0.2) is 0 Å². The SMILES string of the molecule is NC1CCC(N(Cc2cccc(C(F)(F)F)c2)c2ccnc3cc(Cl)ccc23)CC1. The zero-order valence-corrected chi connectivity index (χ0v) is 17.1. The highest BCUT2D eigenvalue weighted by Crippen LogP contribution is 2.35. The van der Waals surface area contributed by atoms with E-state index in [9.17, 15) is 13.2 Å². The van der Waals surface area contributed by atoms with E-state index in [1.54, 1.807) is 18.3 Å². The molecular formula is C23H23ClF3N3. The van der Waals surface area contributed by atoms with Crippen molar-refractivity contribution >= 4 is 28.2 Å². The molecule has 0 saturated heterocycles. The molecule has 0 atom stereocenters. The van der Waals surface area contributed by atoms with E-state index in [0.29, 0.717) is 17.1 Å². The smallest absolute Gasteiger partial charge is 0.364 e. The van der Waals surface area contributed by atoms with Crippen molar-refractivity contribution < 1.29 is 13.2 Å². The van der Waals surface area contributed by atoms with Crippen LogP contribution in [0.4, 0.5) is 18.9 Å². The number of aromatic nitrogens is 1. The lowest BCUT2D eigenvalue weighted by Crippen LogP contribution is -2.40. The van der Waals surface area contributed by atoms with Crippen LogP contribution < -0.4 is 10.6 Å². The first-order chi connectivity index (χ1) is 14.3. The molecule has 0 radical (unpaired) electrons. The van der Waals surface area contributed by atoms with Crippen molar-refractivity contribution in [3.63, 3.8) is 0 Å². The van der Waals surface area contributed by atoms with E-state index in [1.807, 2.05) is 18.2 Å². The minimum absolute atomic E-state index is 0.185. The third-order valence-electron chi connectivity index (χ3n) is 5.78. The Balaban J connectivity index is 1.75. The van der Waals surface area contributed by atoms with Crippen molar-refractivity contribution in [2.75, 3.05) is 4.90 Å². The van der Waals surface area contributed by atoms with Gasteiger partial charge in [0.25, 0.3) is 0 Å². The van der Waals surface area contributed by atoms with E-state index >= 15 is 0 Å². The molecule has 2 aromatic carbocycles. The topological polar surface area (TPSA) is 42.1 Å². The van der Waals surface area contributed by atoms with Gasteiger partial charge in [-0.3, -0.25) is 4.98 Å². The van der Waals surface area contributed by atoms with Gasteiger partial charge in [0.05, 0.1) is 11.1 Å². The molecule has 1 aliphatic carbocycles. The second-order valence-corrected chi connectivity index (χ2v) is 8.32. The van der Waals surface area contributed by atoms with E-state index in [1.165, 1.54) is 12.1 Å². The molecule has 1 aliphatic rings. The molecule has 3 aromatic rings. The summed E-state index contributed by atoms with van der Waals surface area (Å²) in [6.07, 6.45) is 0.965. The first-order valence-corrected chi connectivity index (χ1v) is 10.4. The lowest BCUT2D eigenvalue weighted by Gasteiger charge is -2.38. The maximum absolute atomic E-state index is 13.2. The molecule has 0 unspecified atom stereocenters. The monoisotopic (exact) mass is 433 g/mol. The molecule has 4 rings (SSSR count). The van der Waals surface area contributed by atoms with Crippen molar-refractivity contribution in [3.05, 3.63) is 70.9 Å². The van der Waals surface area contributed by atoms with Gasteiger partial charge < -0.3 is 10.6 Å². The normalized spacial score (nSPS) is 19.8. The fourth-order valence-corrected chi connectivity index (χ4v) is 4.39. The summed E-state index contributed by atoms with van der Waals surface area (Å²) in [4.78, 5) is 6.62. The number of alkyl halides is 3. The Hall–Kier alpha value is -2.31. The number of benzene rings is 2. The summed E-state index contributed by atoms with van der Waals surface area (Å²) < 4.78 is 39.7. The van der Waals surface area contributed by atoms with Crippen LogP contribution in [0.2, 0.25) is 5.02 Å². The largest absolute Gasteiger partial charge is 0.416 e. The Morgan fingerprint density at radius 1 is 1.03 bits per heavy atom. The van der Waals surface area contributed by atoms with Crippen LogP contribution in [-0.2, 0) is 12.7 Å². The van der Waals surface area contributed by atoms with Crippen LogP contribution in [0.1, 0.15) is 36.8 Å². The Kier molecular flexibility index (Phi) is 5.89. The highest BCUT2D eigenvalue weighted by molar-refractivity contribution is 6.31. The van der Waals surface area contributed by atoms with Gasteiger partial charge in [0, 0.05) is 40.9 Å². The van der Waals surface area contributed by atoms with E-state index < -0.39 is 11.7 Å². The van der Waals surface area contributed by atoms with Gasteiger partial charge in [-0.2, -0.15) is 13.2 Å². The first kappa shape index (κ1) is 20.9. The third kappa shape index (κ3) is 4.55. The number of hydrogen-bond donors (Lipinski definition) is 1. The van der Waals surface area contributed by atoms with Crippen LogP contribution in [0.5, 0.6) is 0 Å². The van der Waals surface area contributed by atoms with Crippen molar-refractivity contribution in [1.29, 1.82) is 0 Å². The summed E-state index contributed by atoms with van der Waals surface area (Å²) in [5.74, 6) is 0. The van der Waals surface area contributed by atoms with Gasteiger partial charge in [-0.05, 0) is 67.6 Å². The minimum Gasteiger partial charge on any atom is -0.364 e.